The highest BCUT2D eigenvalue weighted by atomic mass is 32.1. The number of fused-ring (bicyclic) bond motifs is 1. The van der Waals surface area contributed by atoms with Crippen molar-refractivity contribution in [3.63, 3.8) is 0 Å². The van der Waals surface area contributed by atoms with Crippen LogP contribution in [0, 0.1) is 11.3 Å². The zero-order valence-electron chi connectivity index (χ0n) is 10.2. The fourth-order valence-electron chi connectivity index (χ4n) is 2.19. The van der Waals surface area contributed by atoms with Crippen LogP contribution in [0.3, 0.4) is 0 Å². The van der Waals surface area contributed by atoms with E-state index >= 15 is 0 Å². The molecule has 0 unspecified atom stereocenters. The minimum Gasteiger partial charge on any atom is -0.293 e. The molecule has 0 saturated heterocycles. The van der Waals surface area contributed by atoms with Gasteiger partial charge in [-0.25, -0.2) is 4.98 Å². The quantitative estimate of drug-likeness (QED) is 0.826. The van der Waals surface area contributed by atoms with Crippen LogP contribution >= 0.6 is 11.3 Å². The van der Waals surface area contributed by atoms with Gasteiger partial charge in [0.25, 0.3) is 0 Å². The summed E-state index contributed by atoms with van der Waals surface area (Å²) < 4.78 is 1.25. The van der Waals surface area contributed by atoms with Crippen molar-refractivity contribution in [1.29, 1.82) is 5.26 Å². The van der Waals surface area contributed by atoms with Gasteiger partial charge in [0.1, 0.15) is 5.01 Å². The van der Waals surface area contributed by atoms with Crippen LogP contribution < -0.4 is 0 Å². The Bertz CT molecular complexity index is 547. The van der Waals surface area contributed by atoms with Crippen LogP contribution in [0.15, 0.2) is 24.3 Å². The molecule has 0 aliphatic heterocycles. The fraction of sp³-hybridized carbons (Fsp3) is 0.429. The van der Waals surface area contributed by atoms with E-state index in [4.69, 9.17) is 5.26 Å². The van der Waals surface area contributed by atoms with E-state index in [0.717, 1.165) is 18.6 Å². The number of hydrogen-bond acceptors (Lipinski definition) is 4. The molecule has 1 aromatic carbocycles. The Hall–Kier alpha value is -1.44. The van der Waals surface area contributed by atoms with E-state index in [0.29, 0.717) is 12.5 Å². The topological polar surface area (TPSA) is 39.9 Å². The van der Waals surface area contributed by atoms with Gasteiger partial charge in [-0.05, 0) is 25.0 Å². The van der Waals surface area contributed by atoms with Gasteiger partial charge in [-0.3, -0.25) is 4.90 Å². The van der Waals surface area contributed by atoms with Gasteiger partial charge in [0.15, 0.2) is 0 Å². The number of benzene rings is 1. The first-order valence-electron chi connectivity index (χ1n) is 6.32. The van der Waals surface area contributed by atoms with E-state index in [1.54, 1.807) is 11.3 Å². The van der Waals surface area contributed by atoms with E-state index in [2.05, 4.69) is 34.2 Å². The van der Waals surface area contributed by atoms with Gasteiger partial charge >= 0.3 is 0 Å². The van der Waals surface area contributed by atoms with Crippen LogP contribution in [-0.4, -0.2) is 22.5 Å². The number of hydrogen-bond donors (Lipinski definition) is 0. The van der Waals surface area contributed by atoms with Crippen LogP contribution in [0.4, 0.5) is 0 Å². The molecule has 1 fully saturated rings. The predicted molar refractivity (Wildman–Crippen MR) is 73.3 cm³/mol. The Labute approximate surface area is 111 Å². The van der Waals surface area contributed by atoms with E-state index in [9.17, 15) is 0 Å². The normalized spacial score (nSPS) is 15.1. The third-order valence-electron chi connectivity index (χ3n) is 3.25. The largest absolute Gasteiger partial charge is 0.293 e. The van der Waals surface area contributed by atoms with Gasteiger partial charge in [-0.1, -0.05) is 12.1 Å². The number of para-hydroxylation sites is 1. The third kappa shape index (κ3) is 2.53. The number of thiazole rings is 1. The zero-order valence-corrected chi connectivity index (χ0v) is 11.0. The molecule has 0 N–H and O–H groups in total. The van der Waals surface area contributed by atoms with E-state index in [1.165, 1.54) is 22.5 Å². The molecule has 0 atom stereocenters. The van der Waals surface area contributed by atoms with Gasteiger partial charge in [0.05, 0.1) is 22.8 Å². The smallest absolute Gasteiger partial charge is 0.108 e. The maximum absolute atomic E-state index is 8.71. The summed E-state index contributed by atoms with van der Waals surface area (Å²) in [6, 6.07) is 11.2. The molecular weight excluding hydrogens is 242 g/mol. The Kier molecular flexibility index (Phi) is 3.26. The fourth-order valence-corrected chi connectivity index (χ4v) is 3.18. The van der Waals surface area contributed by atoms with Crippen molar-refractivity contribution in [1.82, 2.24) is 9.88 Å². The van der Waals surface area contributed by atoms with E-state index in [1.807, 2.05) is 6.07 Å². The molecule has 18 heavy (non-hydrogen) atoms. The van der Waals surface area contributed by atoms with Crippen molar-refractivity contribution in [3.8, 4) is 6.07 Å². The average Bonchev–Trinajstić information content (AvgIpc) is 3.14. The van der Waals surface area contributed by atoms with Gasteiger partial charge in [-0.2, -0.15) is 5.26 Å². The molecule has 0 spiro atoms. The van der Waals surface area contributed by atoms with Crippen LogP contribution in [-0.2, 0) is 6.54 Å². The van der Waals surface area contributed by atoms with E-state index in [-0.39, 0.29) is 0 Å². The Morgan fingerprint density at radius 3 is 2.94 bits per heavy atom. The lowest BCUT2D eigenvalue weighted by Crippen LogP contribution is -2.26. The van der Waals surface area contributed by atoms with Gasteiger partial charge < -0.3 is 0 Å². The van der Waals surface area contributed by atoms with Crippen molar-refractivity contribution in [2.45, 2.75) is 31.8 Å². The maximum Gasteiger partial charge on any atom is 0.108 e. The lowest BCUT2D eigenvalue weighted by molar-refractivity contribution is 0.260. The molecule has 4 heteroatoms. The molecule has 0 amide bonds. The standard InChI is InChI=1S/C14H15N3S/c15-8-3-9-17(11-6-7-11)10-14-16-12-4-1-2-5-13(12)18-14/h1-2,4-5,11H,3,6-7,9-10H2. The Morgan fingerprint density at radius 2 is 2.22 bits per heavy atom. The highest BCUT2D eigenvalue weighted by molar-refractivity contribution is 7.18. The summed E-state index contributed by atoms with van der Waals surface area (Å²) in [7, 11) is 0. The highest BCUT2D eigenvalue weighted by Crippen LogP contribution is 2.30. The molecule has 0 bridgehead atoms. The molecule has 1 heterocycles. The first-order chi connectivity index (χ1) is 8.86. The molecule has 1 aliphatic rings. The molecule has 0 radical (unpaired) electrons. The summed E-state index contributed by atoms with van der Waals surface area (Å²) in [6.07, 6.45) is 3.16. The van der Waals surface area contributed by atoms with Crippen LogP contribution in [0.2, 0.25) is 0 Å². The molecular formula is C14H15N3S. The summed E-state index contributed by atoms with van der Waals surface area (Å²) in [5.74, 6) is 0. The minimum atomic E-state index is 0.612. The second-order valence-corrected chi connectivity index (χ2v) is 5.80. The average molecular weight is 257 g/mol. The van der Waals surface area contributed by atoms with Gasteiger partial charge in [-0.15, -0.1) is 11.3 Å². The second kappa shape index (κ2) is 5.05. The summed E-state index contributed by atoms with van der Waals surface area (Å²) in [6.45, 7) is 1.77. The SMILES string of the molecule is N#CCCN(Cc1nc2ccccc2s1)C1CC1. The predicted octanol–water partition coefficient (Wildman–Crippen LogP) is 3.17. The Balaban J connectivity index is 1.75. The van der Waals surface area contributed by atoms with Gasteiger partial charge in [0.2, 0.25) is 0 Å². The maximum atomic E-state index is 8.71. The molecule has 1 aromatic heterocycles. The molecule has 1 aliphatic carbocycles. The van der Waals surface area contributed by atoms with Crippen molar-refractivity contribution >= 4 is 21.6 Å². The lowest BCUT2D eigenvalue weighted by atomic mass is 10.3. The molecule has 3 nitrogen and oxygen atoms in total. The lowest BCUT2D eigenvalue weighted by Gasteiger charge is -2.18. The van der Waals surface area contributed by atoms with E-state index < -0.39 is 0 Å². The summed E-state index contributed by atoms with van der Waals surface area (Å²) in [5, 5.41) is 9.88. The van der Waals surface area contributed by atoms with Crippen LogP contribution in [0.1, 0.15) is 24.3 Å². The number of aromatic nitrogens is 1. The third-order valence-corrected chi connectivity index (χ3v) is 4.27. The molecule has 1 saturated carbocycles. The number of rotatable bonds is 5. The van der Waals surface area contributed by atoms with Crippen LogP contribution in [0.5, 0.6) is 0 Å². The van der Waals surface area contributed by atoms with Crippen LogP contribution in [0.25, 0.3) is 10.2 Å². The first kappa shape index (κ1) is 11.6. The molecule has 3 rings (SSSR count). The number of nitriles is 1. The highest BCUT2D eigenvalue weighted by Gasteiger charge is 2.29. The second-order valence-electron chi connectivity index (χ2n) is 4.69. The van der Waals surface area contributed by atoms with Crippen molar-refractivity contribution < 1.29 is 0 Å². The summed E-state index contributed by atoms with van der Waals surface area (Å²) >= 11 is 1.77. The number of nitrogens with zero attached hydrogens (tertiary/aromatic N) is 3. The summed E-state index contributed by atoms with van der Waals surface area (Å²) in [5.41, 5.74) is 1.09. The Morgan fingerprint density at radius 1 is 1.39 bits per heavy atom. The molecule has 2 aromatic rings. The van der Waals surface area contributed by atoms with Crippen molar-refractivity contribution in [2.24, 2.45) is 0 Å². The molecule has 92 valence electrons. The minimum absolute atomic E-state index is 0.612. The van der Waals surface area contributed by atoms with Gasteiger partial charge in [0, 0.05) is 19.0 Å². The first-order valence-corrected chi connectivity index (χ1v) is 7.14. The summed E-state index contributed by atoms with van der Waals surface area (Å²) in [4.78, 5) is 7.07. The van der Waals surface area contributed by atoms with Crippen molar-refractivity contribution in [3.05, 3.63) is 29.3 Å². The monoisotopic (exact) mass is 257 g/mol. The zero-order chi connectivity index (χ0) is 12.4. The van der Waals surface area contributed by atoms with Crippen molar-refractivity contribution in [2.75, 3.05) is 6.54 Å².